The maximum atomic E-state index is 13.1. The van der Waals surface area contributed by atoms with Crippen molar-refractivity contribution in [1.82, 2.24) is 19.2 Å². The van der Waals surface area contributed by atoms with E-state index in [1.165, 1.54) is 28.5 Å². The van der Waals surface area contributed by atoms with Crippen LogP contribution < -0.4 is 5.56 Å². The fourth-order valence-electron chi connectivity index (χ4n) is 2.85. The van der Waals surface area contributed by atoms with Gasteiger partial charge in [0, 0.05) is 12.3 Å². The second-order valence-corrected chi connectivity index (χ2v) is 7.12. The minimum absolute atomic E-state index is 0.0593. The number of aryl methyl sites for hydroxylation is 1. The standard InChI is InChI=1S/C18H15FN4OS/c1-11(12-7-9-13(19)10-8-12)25-18-21-20-17-22(2)16(24)14-5-3-4-6-15(14)23(17)18/h3-11H,1-2H3. The molecule has 0 aliphatic carbocycles. The fraction of sp³-hybridized carbons (Fsp3) is 0.167. The van der Waals surface area contributed by atoms with Gasteiger partial charge in [0.1, 0.15) is 5.82 Å². The number of hydrogen-bond donors (Lipinski definition) is 0. The molecule has 0 aliphatic rings. The van der Waals surface area contributed by atoms with Crippen LogP contribution in [0.15, 0.2) is 58.5 Å². The molecule has 0 spiro atoms. The summed E-state index contributed by atoms with van der Waals surface area (Å²) in [6.45, 7) is 2.03. The lowest BCUT2D eigenvalue weighted by molar-refractivity contribution is 0.627. The fourth-order valence-corrected chi connectivity index (χ4v) is 3.83. The molecule has 1 atom stereocenters. The first kappa shape index (κ1) is 15.8. The zero-order valence-electron chi connectivity index (χ0n) is 13.7. The number of benzene rings is 2. The van der Waals surface area contributed by atoms with E-state index >= 15 is 0 Å². The van der Waals surface area contributed by atoms with Gasteiger partial charge < -0.3 is 0 Å². The molecule has 2 aromatic heterocycles. The van der Waals surface area contributed by atoms with E-state index in [0.29, 0.717) is 16.3 Å². The molecule has 7 heteroatoms. The van der Waals surface area contributed by atoms with Gasteiger partial charge in [-0.2, -0.15) is 0 Å². The average Bonchev–Trinajstić information content (AvgIpc) is 3.04. The highest BCUT2D eigenvalue weighted by molar-refractivity contribution is 7.99. The first-order chi connectivity index (χ1) is 12.1. The molecule has 126 valence electrons. The van der Waals surface area contributed by atoms with Gasteiger partial charge >= 0.3 is 0 Å². The van der Waals surface area contributed by atoms with Crippen LogP contribution in [-0.4, -0.2) is 19.2 Å². The van der Waals surface area contributed by atoms with Crippen LogP contribution in [0, 0.1) is 5.82 Å². The highest BCUT2D eigenvalue weighted by Crippen LogP contribution is 2.34. The summed E-state index contributed by atoms with van der Waals surface area (Å²) in [5.41, 5.74) is 1.68. The molecular weight excluding hydrogens is 339 g/mol. The molecule has 1 unspecified atom stereocenters. The monoisotopic (exact) mass is 354 g/mol. The summed E-state index contributed by atoms with van der Waals surface area (Å²) in [4.78, 5) is 12.5. The van der Waals surface area contributed by atoms with Crippen LogP contribution in [0.5, 0.6) is 0 Å². The van der Waals surface area contributed by atoms with Crippen molar-refractivity contribution in [1.29, 1.82) is 0 Å². The summed E-state index contributed by atoms with van der Waals surface area (Å²) in [6.07, 6.45) is 0. The molecule has 0 fully saturated rings. The summed E-state index contributed by atoms with van der Waals surface area (Å²) in [7, 11) is 1.69. The van der Waals surface area contributed by atoms with Crippen molar-refractivity contribution in [2.75, 3.05) is 0 Å². The maximum Gasteiger partial charge on any atom is 0.262 e. The Labute approximate surface area is 147 Å². The topological polar surface area (TPSA) is 52.2 Å². The SMILES string of the molecule is CC(Sc1nnc2n(C)c(=O)c3ccccc3n12)c1ccc(F)cc1. The molecular formula is C18H15FN4OS. The molecule has 4 rings (SSSR count). The lowest BCUT2D eigenvalue weighted by Gasteiger charge is -2.12. The molecule has 0 saturated heterocycles. The maximum absolute atomic E-state index is 13.1. The highest BCUT2D eigenvalue weighted by atomic mass is 32.2. The van der Waals surface area contributed by atoms with E-state index in [1.54, 1.807) is 25.2 Å². The van der Waals surface area contributed by atoms with Crippen molar-refractivity contribution in [2.45, 2.75) is 17.3 Å². The Hall–Kier alpha value is -2.67. The quantitative estimate of drug-likeness (QED) is 0.528. The molecule has 5 nitrogen and oxygen atoms in total. The third-order valence-corrected chi connectivity index (χ3v) is 5.32. The van der Waals surface area contributed by atoms with E-state index in [9.17, 15) is 9.18 Å². The van der Waals surface area contributed by atoms with Gasteiger partial charge in [-0.15, -0.1) is 10.2 Å². The second-order valence-electron chi connectivity index (χ2n) is 5.81. The Bertz CT molecular complexity index is 1130. The minimum atomic E-state index is -0.255. The van der Waals surface area contributed by atoms with Crippen LogP contribution in [0.3, 0.4) is 0 Å². The van der Waals surface area contributed by atoms with Crippen LogP contribution in [0.1, 0.15) is 17.7 Å². The molecule has 0 N–H and O–H groups in total. The van der Waals surface area contributed by atoms with Gasteiger partial charge in [-0.1, -0.05) is 36.0 Å². The molecule has 2 aromatic carbocycles. The van der Waals surface area contributed by atoms with Crippen LogP contribution in [-0.2, 0) is 7.05 Å². The summed E-state index contributed by atoms with van der Waals surface area (Å²) in [6, 6.07) is 13.9. The molecule has 0 amide bonds. The zero-order chi connectivity index (χ0) is 17.6. The number of rotatable bonds is 3. The van der Waals surface area contributed by atoms with Crippen molar-refractivity contribution < 1.29 is 4.39 Å². The summed E-state index contributed by atoms with van der Waals surface area (Å²) in [5, 5.41) is 9.83. The largest absolute Gasteiger partial charge is 0.279 e. The predicted octanol–water partition coefficient (Wildman–Crippen LogP) is 3.57. The van der Waals surface area contributed by atoms with Gasteiger partial charge in [-0.3, -0.25) is 13.8 Å². The summed E-state index contributed by atoms with van der Waals surface area (Å²) >= 11 is 1.52. The first-order valence-electron chi connectivity index (χ1n) is 7.81. The smallest absolute Gasteiger partial charge is 0.262 e. The minimum Gasteiger partial charge on any atom is -0.279 e. The highest BCUT2D eigenvalue weighted by Gasteiger charge is 2.17. The van der Waals surface area contributed by atoms with Gasteiger partial charge in [-0.05, 0) is 36.8 Å². The Morgan fingerprint density at radius 3 is 2.56 bits per heavy atom. The number of hydrogen-bond acceptors (Lipinski definition) is 4. The third kappa shape index (κ3) is 2.60. The molecule has 0 saturated carbocycles. The lowest BCUT2D eigenvalue weighted by Crippen LogP contribution is -2.20. The number of aromatic nitrogens is 4. The Kier molecular flexibility index (Phi) is 3.80. The Morgan fingerprint density at radius 1 is 1.08 bits per heavy atom. The lowest BCUT2D eigenvalue weighted by atomic mass is 10.2. The Balaban J connectivity index is 1.86. The predicted molar refractivity (Wildman–Crippen MR) is 96.4 cm³/mol. The molecule has 4 aromatic rings. The average molecular weight is 354 g/mol. The van der Waals surface area contributed by atoms with Crippen molar-refractivity contribution in [3.05, 3.63) is 70.3 Å². The van der Waals surface area contributed by atoms with E-state index in [2.05, 4.69) is 10.2 Å². The number of fused-ring (bicyclic) bond motifs is 3. The van der Waals surface area contributed by atoms with Crippen LogP contribution in [0.2, 0.25) is 0 Å². The van der Waals surface area contributed by atoms with Crippen molar-refractivity contribution in [3.63, 3.8) is 0 Å². The molecule has 2 heterocycles. The van der Waals surface area contributed by atoms with Gasteiger partial charge in [0.25, 0.3) is 5.56 Å². The summed E-state index contributed by atoms with van der Waals surface area (Å²) < 4.78 is 16.5. The number of thioether (sulfide) groups is 1. The van der Waals surface area contributed by atoms with Crippen LogP contribution in [0.25, 0.3) is 16.7 Å². The third-order valence-electron chi connectivity index (χ3n) is 4.22. The molecule has 0 aliphatic heterocycles. The van der Waals surface area contributed by atoms with Crippen LogP contribution >= 0.6 is 11.8 Å². The van der Waals surface area contributed by atoms with Gasteiger partial charge in [0.15, 0.2) is 5.16 Å². The van der Waals surface area contributed by atoms with E-state index in [0.717, 1.165) is 11.1 Å². The van der Waals surface area contributed by atoms with Gasteiger partial charge in [0.05, 0.1) is 10.9 Å². The van der Waals surface area contributed by atoms with Crippen LogP contribution in [0.4, 0.5) is 4.39 Å². The van der Waals surface area contributed by atoms with E-state index < -0.39 is 0 Å². The van der Waals surface area contributed by atoms with Gasteiger partial charge in [-0.25, -0.2) is 4.39 Å². The summed E-state index contributed by atoms with van der Waals surface area (Å²) in [5.74, 6) is 0.243. The number of halogens is 1. The molecule has 25 heavy (non-hydrogen) atoms. The van der Waals surface area contributed by atoms with E-state index in [1.807, 2.05) is 29.5 Å². The molecule has 0 bridgehead atoms. The van der Waals surface area contributed by atoms with E-state index in [-0.39, 0.29) is 16.6 Å². The van der Waals surface area contributed by atoms with E-state index in [4.69, 9.17) is 0 Å². The van der Waals surface area contributed by atoms with Crippen molar-refractivity contribution >= 4 is 28.4 Å². The Morgan fingerprint density at radius 2 is 1.80 bits per heavy atom. The number of para-hydroxylation sites is 1. The zero-order valence-corrected chi connectivity index (χ0v) is 14.5. The van der Waals surface area contributed by atoms with Crippen molar-refractivity contribution in [3.8, 4) is 0 Å². The molecule has 0 radical (unpaired) electrons. The van der Waals surface area contributed by atoms with Gasteiger partial charge in [0.2, 0.25) is 5.78 Å². The van der Waals surface area contributed by atoms with Crippen molar-refractivity contribution in [2.24, 2.45) is 7.05 Å². The number of nitrogens with zero attached hydrogens (tertiary/aromatic N) is 4. The normalized spacial score (nSPS) is 12.8. The first-order valence-corrected chi connectivity index (χ1v) is 8.69. The second kappa shape index (κ2) is 6.00.